The second-order valence-electron chi connectivity index (χ2n) is 6.75. The normalized spacial score (nSPS) is 11.0. The highest BCUT2D eigenvalue weighted by Gasteiger charge is 2.15. The van der Waals surface area contributed by atoms with Crippen molar-refractivity contribution >= 4 is 27.5 Å². The summed E-state index contributed by atoms with van der Waals surface area (Å²) in [6.07, 6.45) is 2.83. The average molecular weight is 452 g/mol. The van der Waals surface area contributed by atoms with E-state index in [0.717, 1.165) is 32.6 Å². The molecule has 0 bridgehead atoms. The van der Waals surface area contributed by atoms with Gasteiger partial charge >= 0.3 is 0 Å². The first-order valence-corrected chi connectivity index (χ1v) is 10.1. The molecule has 4 aromatic rings. The summed E-state index contributed by atoms with van der Waals surface area (Å²) in [6, 6.07) is 20.1. The fourth-order valence-corrected chi connectivity index (χ4v) is 3.56. The molecule has 0 saturated carbocycles. The number of aryl methyl sites for hydroxylation is 1. The van der Waals surface area contributed by atoms with Crippen LogP contribution in [0.4, 0.5) is 4.39 Å². The molecule has 0 radical (unpaired) electrons. The van der Waals surface area contributed by atoms with Gasteiger partial charge in [0.25, 0.3) is 0 Å². The molecule has 1 N–H and O–H groups in total. The summed E-state index contributed by atoms with van der Waals surface area (Å²) < 4.78 is 16.3. The molecule has 0 saturated heterocycles. The second-order valence-corrected chi connectivity index (χ2v) is 7.67. The van der Waals surface area contributed by atoms with Gasteiger partial charge in [-0.2, -0.15) is 0 Å². The Labute approximate surface area is 176 Å². The largest absolute Gasteiger partial charge is 0.352 e. The smallest absolute Gasteiger partial charge is 0.220 e. The van der Waals surface area contributed by atoms with Gasteiger partial charge in [-0.1, -0.05) is 46.3 Å². The molecule has 4 rings (SSSR count). The van der Waals surface area contributed by atoms with Gasteiger partial charge in [0, 0.05) is 29.2 Å². The molecule has 2 aromatic heterocycles. The fraction of sp³-hybridized carbons (Fsp3) is 0.130. The summed E-state index contributed by atoms with van der Waals surface area (Å²) in [5, 5.41) is 2.86. The van der Waals surface area contributed by atoms with Gasteiger partial charge < -0.3 is 9.72 Å². The fourth-order valence-electron chi connectivity index (χ4n) is 3.29. The van der Waals surface area contributed by atoms with Crippen molar-refractivity contribution in [3.63, 3.8) is 0 Å². The first-order valence-electron chi connectivity index (χ1n) is 9.33. The number of fused-ring (bicyclic) bond motifs is 1. The van der Waals surface area contributed by atoms with Crippen LogP contribution in [0.1, 0.15) is 17.7 Å². The van der Waals surface area contributed by atoms with Crippen LogP contribution >= 0.6 is 15.9 Å². The van der Waals surface area contributed by atoms with Crippen LogP contribution in [-0.2, 0) is 17.8 Å². The van der Waals surface area contributed by atoms with E-state index < -0.39 is 0 Å². The van der Waals surface area contributed by atoms with Gasteiger partial charge in [-0.25, -0.2) is 9.37 Å². The number of pyridine rings is 1. The van der Waals surface area contributed by atoms with Crippen LogP contribution < -0.4 is 5.32 Å². The number of halogens is 2. The summed E-state index contributed by atoms with van der Waals surface area (Å²) in [4.78, 5) is 17.2. The molecule has 0 aliphatic heterocycles. The second kappa shape index (κ2) is 8.57. The van der Waals surface area contributed by atoms with Gasteiger partial charge in [0.15, 0.2) is 0 Å². The molecule has 0 fully saturated rings. The van der Waals surface area contributed by atoms with Gasteiger partial charge in [-0.3, -0.25) is 4.79 Å². The lowest BCUT2D eigenvalue weighted by Gasteiger charge is -2.08. The van der Waals surface area contributed by atoms with Crippen LogP contribution in [0.25, 0.3) is 16.9 Å². The standard InChI is InChI=1S/C23H19BrFN3O/c24-18-9-7-17(8-10-18)23-20(28-13-2-1-6-21(28)27-23)11-12-22(29)26-15-16-4-3-5-19(25)14-16/h1-10,13-14H,11-12,15H2,(H,26,29). The molecular weight excluding hydrogens is 433 g/mol. The van der Waals surface area contributed by atoms with Crippen LogP contribution in [0.5, 0.6) is 0 Å². The molecule has 0 spiro atoms. The number of nitrogens with one attached hydrogen (secondary N) is 1. The zero-order chi connectivity index (χ0) is 20.2. The number of amides is 1. The molecule has 2 heterocycles. The van der Waals surface area contributed by atoms with E-state index in [-0.39, 0.29) is 11.7 Å². The molecular formula is C23H19BrFN3O. The Morgan fingerprint density at radius 2 is 1.90 bits per heavy atom. The van der Waals surface area contributed by atoms with E-state index in [0.29, 0.717) is 19.4 Å². The maximum absolute atomic E-state index is 13.3. The van der Waals surface area contributed by atoms with Crippen LogP contribution in [0.3, 0.4) is 0 Å². The highest BCUT2D eigenvalue weighted by molar-refractivity contribution is 9.10. The van der Waals surface area contributed by atoms with Gasteiger partial charge in [0.1, 0.15) is 11.5 Å². The Morgan fingerprint density at radius 1 is 1.07 bits per heavy atom. The maximum Gasteiger partial charge on any atom is 0.220 e. The van der Waals surface area contributed by atoms with Crippen molar-refractivity contribution in [2.24, 2.45) is 0 Å². The number of carbonyl (C=O) groups excluding carboxylic acids is 1. The van der Waals surface area contributed by atoms with Crippen molar-refractivity contribution in [3.05, 3.63) is 94.5 Å². The van der Waals surface area contributed by atoms with Gasteiger partial charge in [0.05, 0.1) is 11.4 Å². The lowest BCUT2D eigenvalue weighted by atomic mass is 10.1. The first-order chi connectivity index (χ1) is 14.1. The monoisotopic (exact) mass is 451 g/mol. The third-order valence-corrected chi connectivity index (χ3v) is 5.24. The van der Waals surface area contributed by atoms with Crippen LogP contribution in [0.2, 0.25) is 0 Å². The quantitative estimate of drug-likeness (QED) is 0.440. The van der Waals surface area contributed by atoms with E-state index in [2.05, 4.69) is 21.2 Å². The predicted molar refractivity (Wildman–Crippen MR) is 115 cm³/mol. The lowest BCUT2D eigenvalue weighted by molar-refractivity contribution is -0.121. The summed E-state index contributed by atoms with van der Waals surface area (Å²) in [5.41, 5.74) is 4.46. The van der Waals surface area contributed by atoms with E-state index >= 15 is 0 Å². The van der Waals surface area contributed by atoms with Crippen molar-refractivity contribution in [1.29, 1.82) is 0 Å². The van der Waals surface area contributed by atoms with E-state index in [1.165, 1.54) is 12.1 Å². The number of hydrogen-bond acceptors (Lipinski definition) is 2. The van der Waals surface area contributed by atoms with Gasteiger partial charge in [-0.15, -0.1) is 0 Å². The third kappa shape index (κ3) is 4.54. The molecule has 0 aliphatic rings. The Balaban J connectivity index is 1.51. The summed E-state index contributed by atoms with van der Waals surface area (Å²) in [6.45, 7) is 0.309. The molecule has 1 amide bonds. The van der Waals surface area contributed by atoms with Gasteiger partial charge in [-0.05, 0) is 48.4 Å². The predicted octanol–water partition coefficient (Wildman–Crippen LogP) is 5.15. The Kier molecular flexibility index (Phi) is 5.71. The minimum atomic E-state index is -0.304. The molecule has 0 atom stereocenters. The lowest BCUT2D eigenvalue weighted by Crippen LogP contribution is -2.23. The molecule has 4 nitrogen and oxygen atoms in total. The zero-order valence-corrected chi connectivity index (χ0v) is 17.2. The number of aromatic nitrogens is 2. The highest BCUT2D eigenvalue weighted by Crippen LogP contribution is 2.27. The molecule has 6 heteroatoms. The maximum atomic E-state index is 13.3. The molecule has 29 heavy (non-hydrogen) atoms. The highest BCUT2D eigenvalue weighted by atomic mass is 79.9. The van der Waals surface area contributed by atoms with Crippen LogP contribution in [0.15, 0.2) is 77.4 Å². The molecule has 2 aromatic carbocycles. The van der Waals surface area contributed by atoms with Crippen molar-refractivity contribution in [2.45, 2.75) is 19.4 Å². The summed E-state index contributed by atoms with van der Waals surface area (Å²) >= 11 is 3.46. The van der Waals surface area contributed by atoms with Crippen molar-refractivity contribution < 1.29 is 9.18 Å². The molecule has 0 unspecified atom stereocenters. The SMILES string of the molecule is O=C(CCc1c(-c2ccc(Br)cc2)nc2ccccn12)NCc1cccc(F)c1. The number of imidazole rings is 1. The topological polar surface area (TPSA) is 46.4 Å². The summed E-state index contributed by atoms with van der Waals surface area (Å²) in [7, 11) is 0. The number of rotatable bonds is 6. The number of hydrogen-bond donors (Lipinski definition) is 1. The van der Waals surface area contributed by atoms with Crippen molar-refractivity contribution in [1.82, 2.24) is 14.7 Å². The van der Waals surface area contributed by atoms with Crippen LogP contribution in [-0.4, -0.2) is 15.3 Å². The number of nitrogens with zero attached hydrogens (tertiary/aromatic N) is 2. The van der Waals surface area contributed by atoms with Gasteiger partial charge in [0.2, 0.25) is 5.91 Å². The Morgan fingerprint density at radius 3 is 2.69 bits per heavy atom. The number of carbonyl (C=O) groups is 1. The van der Waals surface area contributed by atoms with E-state index in [1.807, 2.05) is 53.1 Å². The zero-order valence-electron chi connectivity index (χ0n) is 15.6. The van der Waals surface area contributed by atoms with Crippen molar-refractivity contribution in [3.8, 4) is 11.3 Å². The first kappa shape index (κ1) is 19.3. The molecule has 0 aliphatic carbocycles. The summed E-state index contributed by atoms with van der Waals surface area (Å²) in [5.74, 6) is -0.386. The third-order valence-electron chi connectivity index (χ3n) is 4.71. The average Bonchev–Trinajstić information content (AvgIpc) is 3.10. The Hall–Kier alpha value is -2.99. The van der Waals surface area contributed by atoms with Crippen molar-refractivity contribution in [2.75, 3.05) is 0 Å². The minimum absolute atomic E-state index is 0.0816. The van der Waals surface area contributed by atoms with E-state index in [1.54, 1.807) is 12.1 Å². The minimum Gasteiger partial charge on any atom is -0.352 e. The number of benzene rings is 2. The molecule has 146 valence electrons. The Bertz CT molecular complexity index is 1150. The van der Waals surface area contributed by atoms with E-state index in [4.69, 9.17) is 4.98 Å². The van der Waals surface area contributed by atoms with Crippen LogP contribution in [0, 0.1) is 5.82 Å². The van der Waals surface area contributed by atoms with E-state index in [9.17, 15) is 9.18 Å².